The number of ether oxygens (including phenoxy) is 1. The van der Waals surface area contributed by atoms with Crippen LogP contribution >= 0.6 is 0 Å². The van der Waals surface area contributed by atoms with E-state index in [0.717, 1.165) is 48.9 Å². The summed E-state index contributed by atoms with van der Waals surface area (Å²) in [4.78, 5) is 19.4. The molecular weight excluding hydrogens is 478 g/mol. The molecule has 9 heteroatoms. The van der Waals surface area contributed by atoms with Gasteiger partial charge in [0.1, 0.15) is 6.10 Å². The number of aliphatic hydroxyl groups is 1. The molecule has 1 saturated heterocycles. The first-order valence-corrected chi connectivity index (χ1v) is 13.8. The summed E-state index contributed by atoms with van der Waals surface area (Å²) in [5.74, 6) is 0.420. The summed E-state index contributed by atoms with van der Waals surface area (Å²) in [6.07, 6.45) is 6.38. The maximum Gasteiger partial charge on any atom is 0.274 e. The van der Waals surface area contributed by atoms with Gasteiger partial charge in [0, 0.05) is 48.6 Å². The van der Waals surface area contributed by atoms with Crippen LogP contribution in [0.3, 0.4) is 0 Å². The largest absolute Gasteiger partial charge is 0.474 e. The Labute approximate surface area is 217 Å². The Morgan fingerprint density at radius 3 is 2.62 bits per heavy atom. The fourth-order valence-corrected chi connectivity index (χ4v) is 6.09. The lowest BCUT2D eigenvalue weighted by Gasteiger charge is -2.29. The van der Waals surface area contributed by atoms with Crippen LogP contribution in [-0.2, 0) is 19.4 Å². The number of hydrogen-bond acceptors (Lipinski definition) is 5. The zero-order valence-electron chi connectivity index (χ0n) is 21.6. The molecule has 2 aromatic rings. The topological polar surface area (TPSA) is 80.5 Å². The van der Waals surface area contributed by atoms with E-state index < -0.39 is 12.3 Å². The Morgan fingerprint density at radius 2 is 1.92 bits per heavy atom. The number of hydrogen-bond donors (Lipinski definition) is 1. The van der Waals surface area contributed by atoms with E-state index in [1.165, 1.54) is 0 Å². The van der Waals surface area contributed by atoms with E-state index in [1.54, 1.807) is 11.1 Å². The van der Waals surface area contributed by atoms with Crippen molar-refractivity contribution in [3.8, 4) is 5.88 Å². The molecule has 202 valence electrons. The van der Waals surface area contributed by atoms with Gasteiger partial charge in [-0.25, -0.2) is 13.8 Å². The highest BCUT2D eigenvalue weighted by molar-refractivity contribution is 5.94. The summed E-state index contributed by atoms with van der Waals surface area (Å²) in [5, 5.41) is 14.5. The first-order chi connectivity index (χ1) is 17.9. The third kappa shape index (κ3) is 5.97. The number of aryl methyl sites for hydroxylation is 2. The van der Waals surface area contributed by atoms with Gasteiger partial charge in [-0.2, -0.15) is 5.10 Å². The molecule has 3 aliphatic rings. The SMILES string of the molecule is Cc1cccnc1O[C@H]1CC[C@@H](CCn2nc(C(=O)N3CCC(O)CC3)c3c2CC(C(F)F)CC3)CC1. The maximum atomic E-state index is 13.6. The van der Waals surface area contributed by atoms with E-state index >= 15 is 0 Å². The minimum atomic E-state index is -2.36. The summed E-state index contributed by atoms with van der Waals surface area (Å²) in [5.41, 5.74) is 3.15. The fraction of sp³-hybridized carbons (Fsp3) is 0.679. The van der Waals surface area contributed by atoms with Crippen LogP contribution in [0.4, 0.5) is 8.78 Å². The van der Waals surface area contributed by atoms with Gasteiger partial charge in [0.05, 0.1) is 6.10 Å². The number of alkyl halides is 2. The average molecular weight is 517 g/mol. The zero-order valence-corrected chi connectivity index (χ0v) is 21.6. The number of pyridine rings is 1. The molecule has 7 nitrogen and oxygen atoms in total. The van der Waals surface area contributed by atoms with Crippen molar-refractivity contribution < 1.29 is 23.4 Å². The second-order valence-corrected chi connectivity index (χ2v) is 11.0. The molecule has 1 atom stereocenters. The summed E-state index contributed by atoms with van der Waals surface area (Å²) >= 11 is 0. The molecule has 37 heavy (non-hydrogen) atoms. The Balaban J connectivity index is 1.23. The first kappa shape index (κ1) is 26.1. The number of piperidine rings is 1. The number of aromatic nitrogens is 3. The molecule has 2 aliphatic carbocycles. The van der Waals surface area contributed by atoms with Gasteiger partial charge in [0.15, 0.2) is 5.69 Å². The van der Waals surface area contributed by atoms with Crippen molar-refractivity contribution >= 4 is 5.91 Å². The summed E-state index contributed by atoms with van der Waals surface area (Å²) in [6, 6.07) is 3.91. The predicted octanol–water partition coefficient (Wildman–Crippen LogP) is 4.58. The van der Waals surface area contributed by atoms with Crippen molar-refractivity contribution in [1.82, 2.24) is 19.7 Å². The van der Waals surface area contributed by atoms with E-state index in [2.05, 4.69) is 4.98 Å². The Bertz CT molecular complexity index is 1080. The van der Waals surface area contributed by atoms with Crippen LogP contribution in [0, 0.1) is 18.8 Å². The van der Waals surface area contributed by atoms with E-state index in [4.69, 9.17) is 9.84 Å². The van der Waals surface area contributed by atoms with Crippen molar-refractivity contribution in [2.75, 3.05) is 13.1 Å². The third-order valence-electron chi connectivity index (χ3n) is 8.48. The summed E-state index contributed by atoms with van der Waals surface area (Å²) in [7, 11) is 0. The number of likely N-dealkylation sites (tertiary alicyclic amines) is 1. The number of aliphatic hydroxyl groups excluding tert-OH is 1. The summed E-state index contributed by atoms with van der Waals surface area (Å²) in [6.45, 7) is 3.65. The highest BCUT2D eigenvalue weighted by atomic mass is 19.3. The Hall–Kier alpha value is -2.55. The van der Waals surface area contributed by atoms with Gasteiger partial charge >= 0.3 is 0 Å². The van der Waals surface area contributed by atoms with Crippen molar-refractivity contribution in [2.45, 2.75) is 96.3 Å². The lowest BCUT2D eigenvalue weighted by atomic mass is 9.85. The monoisotopic (exact) mass is 516 g/mol. The third-order valence-corrected chi connectivity index (χ3v) is 8.48. The second-order valence-electron chi connectivity index (χ2n) is 11.0. The van der Waals surface area contributed by atoms with E-state index in [0.29, 0.717) is 62.8 Å². The van der Waals surface area contributed by atoms with E-state index in [9.17, 15) is 18.7 Å². The molecule has 5 rings (SSSR count). The quantitative estimate of drug-likeness (QED) is 0.583. The minimum Gasteiger partial charge on any atom is -0.474 e. The standard InChI is InChI=1S/C28H38F2N4O3/c1-18-3-2-13-31-27(18)37-22-7-4-19(5-8-22)10-16-34-24-17-20(26(29)30)6-9-23(24)25(32-34)28(36)33-14-11-21(35)12-15-33/h2-3,13,19-22,26,35H,4-12,14-17H2,1H3/t19-,20?,22+. The fourth-order valence-electron chi connectivity index (χ4n) is 6.09. The van der Waals surface area contributed by atoms with E-state index in [1.807, 2.05) is 23.7 Å². The van der Waals surface area contributed by atoms with Gasteiger partial charge in [-0.05, 0) is 83.1 Å². The second kappa shape index (κ2) is 11.5. The molecule has 0 bridgehead atoms. The number of amides is 1. The number of nitrogens with zero attached hydrogens (tertiary/aromatic N) is 4. The van der Waals surface area contributed by atoms with Crippen LogP contribution in [0.15, 0.2) is 18.3 Å². The lowest BCUT2D eigenvalue weighted by molar-refractivity contribution is 0.0539. The van der Waals surface area contributed by atoms with Crippen LogP contribution in [0.5, 0.6) is 5.88 Å². The molecule has 2 aromatic heterocycles. The summed E-state index contributed by atoms with van der Waals surface area (Å²) < 4.78 is 35.2. The van der Waals surface area contributed by atoms with Gasteiger partial charge in [-0.1, -0.05) is 6.07 Å². The van der Waals surface area contributed by atoms with Crippen LogP contribution < -0.4 is 4.74 Å². The van der Waals surface area contributed by atoms with Crippen LogP contribution in [-0.4, -0.2) is 62.4 Å². The molecule has 1 amide bonds. The smallest absolute Gasteiger partial charge is 0.274 e. The molecule has 0 aromatic carbocycles. The number of carbonyl (C=O) groups is 1. The molecule has 0 spiro atoms. The number of halogens is 2. The molecule has 2 fully saturated rings. The molecule has 1 saturated carbocycles. The predicted molar refractivity (Wildman–Crippen MR) is 135 cm³/mol. The molecule has 0 radical (unpaired) electrons. The average Bonchev–Trinajstić information content (AvgIpc) is 3.27. The van der Waals surface area contributed by atoms with Gasteiger partial charge in [0.25, 0.3) is 5.91 Å². The van der Waals surface area contributed by atoms with Crippen molar-refractivity contribution in [3.05, 3.63) is 40.8 Å². The highest BCUT2D eigenvalue weighted by Crippen LogP contribution is 2.34. The van der Waals surface area contributed by atoms with Gasteiger partial charge in [-0.3, -0.25) is 9.48 Å². The van der Waals surface area contributed by atoms with Crippen molar-refractivity contribution in [1.29, 1.82) is 0 Å². The number of rotatable bonds is 7. The highest BCUT2D eigenvalue weighted by Gasteiger charge is 2.35. The number of carbonyl (C=O) groups excluding carboxylic acids is 1. The van der Waals surface area contributed by atoms with Gasteiger partial charge < -0.3 is 14.7 Å². The Kier molecular flexibility index (Phi) is 8.07. The van der Waals surface area contributed by atoms with Gasteiger partial charge in [-0.15, -0.1) is 0 Å². The Morgan fingerprint density at radius 1 is 1.16 bits per heavy atom. The first-order valence-electron chi connectivity index (χ1n) is 13.8. The van der Waals surface area contributed by atoms with Gasteiger partial charge in [0.2, 0.25) is 12.3 Å². The molecular formula is C28H38F2N4O3. The van der Waals surface area contributed by atoms with Crippen molar-refractivity contribution in [2.24, 2.45) is 11.8 Å². The lowest BCUT2D eigenvalue weighted by Crippen LogP contribution is -2.40. The number of fused-ring (bicyclic) bond motifs is 1. The normalized spacial score (nSPS) is 24.8. The van der Waals surface area contributed by atoms with Crippen molar-refractivity contribution in [3.63, 3.8) is 0 Å². The molecule has 1 aliphatic heterocycles. The minimum absolute atomic E-state index is 0.125. The van der Waals surface area contributed by atoms with Crippen LogP contribution in [0.25, 0.3) is 0 Å². The molecule has 1 unspecified atom stereocenters. The zero-order chi connectivity index (χ0) is 25.9. The van der Waals surface area contributed by atoms with Crippen LogP contribution in [0.2, 0.25) is 0 Å². The molecule has 1 N–H and O–H groups in total. The maximum absolute atomic E-state index is 13.6. The van der Waals surface area contributed by atoms with Crippen LogP contribution in [0.1, 0.15) is 78.7 Å². The molecule has 3 heterocycles. The van der Waals surface area contributed by atoms with E-state index in [-0.39, 0.29) is 24.5 Å².